The Hall–Kier alpha value is 0.310. The lowest BCUT2D eigenvalue weighted by Crippen LogP contribution is -2.30. The zero-order valence-electron chi connectivity index (χ0n) is 9.79. The first-order chi connectivity index (χ1) is 7.40. The van der Waals surface area contributed by atoms with Crippen molar-refractivity contribution in [3.63, 3.8) is 0 Å². The number of hydrogen-bond donors (Lipinski definition) is 1. The molecule has 0 bridgehead atoms. The van der Waals surface area contributed by atoms with Crippen molar-refractivity contribution in [1.82, 2.24) is 0 Å². The molecule has 15 heavy (non-hydrogen) atoms. The second-order valence-electron chi connectivity index (χ2n) is 5.21. The van der Waals surface area contributed by atoms with Crippen molar-refractivity contribution in [1.29, 1.82) is 0 Å². The van der Waals surface area contributed by atoms with Gasteiger partial charge in [0.15, 0.2) is 0 Å². The van der Waals surface area contributed by atoms with E-state index in [0.717, 1.165) is 23.0 Å². The summed E-state index contributed by atoms with van der Waals surface area (Å²) in [5.74, 6) is 0.825. The SMILES string of the molecule is NCC1CCCCC1SC1CCCCC1. The van der Waals surface area contributed by atoms with E-state index in [-0.39, 0.29) is 0 Å². The second kappa shape index (κ2) is 6.15. The maximum absolute atomic E-state index is 5.89. The molecule has 2 fully saturated rings. The summed E-state index contributed by atoms with van der Waals surface area (Å²) >= 11 is 2.29. The molecule has 0 aromatic carbocycles. The number of hydrogen-bond acceptors (Lipinski definition) is 2. The van der Waals surface area contributed by atoms with E-state index in [0.29, 0.717) is 0 Å². The molecule has 0 heterocycles. The topological polar surface area (TPSA) is 26.0 Å². The quantitative estimate of drug-likeness (QED) is 0.797. The Labute approximate surface area is 98.6 Å². The Morgan fingerprint density at radius 3 is 2.27 bits per heavy atom. The summed E-state index contributed by atoms with van der Waals surface area (Å²) in [4.78, 5) is 0. The molecule has 2 aliphatic rings. The van der Waals surface area contributed by atoms with Crippen LogP contribution in [-0.4, -0.2) is 17.0 Å². The number of rotatable bonds is 3. The fraction of sp³-hybridized carbons (Fsp3) is 1.00. The van der Waals surface area contributed by atoms with Crippen LogP contribution in [0.3, 0.4) is 0 Å². The van der Waals surface area contributed by atoms with E-state index in [9.17, 15) is 0 Å². The average Bonchev–Trinajstić information content (AvgIpc) is 2.31. The fourth-order valence-electron chi connectivity index (χ4n) is 3.07. The summed E-state index contributed by atoms with van der Waals surface area (Å²) in [7, 11) is 0. The van der Waals surface area contributed by atoms with Crippen molar-refractivity contribution in [2.45, 2.75) is 68.3 Å². The summed E-state index contributed by atoms with van der Waals surface area (Å²) in [6, 6.07) is 0. The number of nitrogens with two attached hydrogens (primary N) is 1. The smallest absolute Gasteiger partial charge is 0.00901 e. The lowest BCUT2D eigenvalue weighted by atomic mass is 9.89. The highest BCUT2D eigenvalue weighted by Gasteiger charge is 2.27. The molecule has 0 saturated heterocycles. The summed E-state index contributed by atoms with van der Waals surface area (Å²) < 4.78 is 0. The van der Waals surface area contributed by atoms with Crippen LogP contribution in [0.2, 0.25) is 0 Å². The van der Waals surface area contributed by atoms with Crippen LogP contribution in [0.4, 0.5) is 0 Å². The van der Waals surface area contributed by atoms with Gasteiger partial charge in [0, 0.05) is 10.5 Å². The molecule has 0 aromatic heterocycles. The van der Waals surface area contributed by atoms with Crippen LogP contribution in [0.5, 0.6) is 0 Å². The lowest BCUT2D eigenvalue weighted by molar-refractivity contribution is 0.375. The van der Waals surface area contributed by atoms with E-state index in [1.165, 1.54) is 57.8 Å². The van der Waals surface area contributed by atoms with E-state index >= 15 is 0 Å². The third-order valence-corrected chi connectivity index (χ3v) is 5.89. The molecule has 2 rings (SSSR count). The van der Waals surface area contributed by atoms with E-state index < -0.39 is 0 Å². The minimum atomic E-state index is 0.825. The maximum Gasteiger partial charge on any atom is 0.00901 e. The molecule has 2 saturated carbocycles. The molecule has 2 unspecified atom stereocenters. The van der Waals surface area contributed by atoms with Gasteiger partial charge in [0.1, 0.15) is 0 Å². The zero-order valence-corrected chi connectivity index (χ0v) is 10.6. The van der Waals surface area contributed by atoms with Crippen LogP contribution >= 0.6 is 11.8 Å². The fourth-order valence-corrected chi connectivity index (χ4v) is 4.94. The van der Waals surface area contributed by atoms with E-state index in [2.05, 4.69) is 11.8 Å². The molecule has 2 N–H and O–H groups in total. The Morgan fingerprint density at radius 1 is 0.867 bits per heavy atom. The maximum atomic E-state index is 5.89. The first kappa shape index (κ1) is 11.8. The van der Waals surface area contributed by atoms with Crippen molar-refractivity contribution >= 4 is 11.8 Å². The summed E-state index contributed by atoms with van der Waals surface area (Å²) in [6.07, 6.45) is 13.0. The molecule has 2 atom stereocenters. The van der Waals surface area contributed by atoms with Crippen molar-refractivity contribution in [2.75, 3.05) is 6.54 Å². The van der Waals surface area contributed by atoms with Gasteiger partial charge in [0.25, 0.3) is 0 Å². The van der Waals surface area contributed by atoms with Gasteiger partial charge in [-0.05, 0) is 38.1 Å². The van der Waals surface area contributed by atoms with Crippen LogP contribution in [0, 0.1) is 5.92 Å². The van der Waals surface area contributed by atoms with Crippen LogP contribution in [0.15, 0.2) is 0 Å². The lowest BCUT2D eigenvalue weighted by Gasteiger charge is -2.34. The summed E-state index contributed by atoms with van der Waals surface area (Å²) in [5, 5.41) is 1.86. The van der Waals surface area contributed by atoms with Crippen LogP contribution in [0.1, 0.15) is 57.8 Å². The largest absolute Gasteiger partial charge is 0.330 e. The van der Waals surface area contributed by atoms with Gasteiger partial charge >= 0.3 is 0 Å². The van der Waals surface area contributed by atoms with Gasteiger partial charge in [0.05, 0.1) is 0 Å². The van der Waals surface area contributed by atoms with Crippen LogP contribution < -0.4 is 5.73 Å². The molecular formula is C13H25NS. The molecule has 0 aliphatic heterocycles. The molecule has 0 spiro atoms. The summed E-state index contributed by atoms with van der Waals surface area (Å²) in [6.45, 7) is 0.921. The minimum absolute atomic E-state index is 0.825. The van der Waals surface area contributed by atoms with Crippen molar-refractivity contribution in [3.8, 4) is 0 Å². The van der Waals surface area contributed by atoms with E-state index in [1.54, 1.807) is 0 Å². The van der Waals surface area contributed by atoms with Crippen molar-refractivity contribution < 1.29 is 0 Å². The Morgan fingerprint density at radius 2 is 1.53 bits per heavy atom. The van der Waals surface area contributed by atoms with E-state index in [4.69, 9.17) is 5.73 Å². The Balaban J connectivity index is 1.79. The average molecular weight is 227 g/mol. The first-order valence-corrected chi connectivity index (χ1v) is 7.70. The molecule has 2 aliphatic carbocycles. The predicted octanol–water partition coefficient (Wildman–Crippen LogP) is 3.57. The zero-order chi connectivity index (χ0) is 10.5. The molecule has 0 aromatic rings. The molecular weight excluding hydrogens is 202 g/mol. The highest BCUT2D eigenvalue weighted by molar-refractivity contribution is 8.00. The van der Waals surface area contributed by atoms with Gasteiger partial charge in [-0.3, -0.25) is 0 Å². The van der Waals surface area contributed by atoms with Crippen LogP contribution in [0.25, 0.3) is 0 Å². The predicted molar refractivity (Wildman–Crippen MR) is 69.3 cm³/mol. The Kier molecular flexibility index (Phi) is 4.83. The van der Waals surface area contributed by atoms with Gasteiger partial charge in [0.2, 0.25) is 0 Å². The third-order valence-electron chi connectivity index (χ3n) is 4.06. The minimum Gasteiger partial charge on any atom is -0.330 e. The van der Waals surface area contributed by atoms with Gasteiger partial charge in [-0.1, -0.05) is 32.1 Å². The second-order valence-corrected chi connectivity index (χ2v) is 6.76. The van der Waals surface area contributed by atoms with E-state index in [1.807, 2.05) is 0 Å². The highest BCUT2D eigenvalue weighted by Crippen LogP contribution is 2.39. The van der Waals surface area contributed by atoms with Gasteiger partial charge < -0.3 is 5.73 Å². The van der Waals surface area contributed by atoms with Gasteiger partial charge in [-0.2, -0.15) is 11.8 Å². The summed E-state index contributed by atoms with van der Waals surface area (Å²) in [5.41, 5.74) is 5.89. The highest BCUT2D eigenvalue weighted by atomic mass is 32.2. The molecule has 1 nitrogen and oxygen atoms in total. The van der Waals surface area contributed by atoms with Crippen LogP contribution in [-0.2, 0) is 0 Å². The number of thioether (sulfide) groups is 1. The normalized spacial score (nSPS) is 34.2. The van der Waals surface area contributed by atoms with Gasteiger partial charge in [-0.25, -0.2) is 0 Å². The standard InChI is InChI=1S/C13H25NS/c14-10-11-6-4-5-9-13(11)15-12-7-2-1-3-8-12/h11-13H,1-10,14H2. The van der Waals surface area contributed by atoms with Crippen molar-refractivity contribution in [3.05, 3.63) is 0 Å². The Bertz CT molecular complexity index is 177. The molecule has 2 heteroatoms. The third kappa shape index (κ3) is 3.39. The molecule has 0 amide bonds. The molecule has 88 valence electrons. The van der Waals surface area contributed by atoms with Gasteiger partial charge in [-0.15, -0.1) is 0 Å². The molecule has 0 radical (unpaired) electrons. The monoisotopic (exact) mass is 227 g/mol. The first-order valence-electron chi connectivity index (χ1n) is 6.75. The van der Waals surface area contributed by atoms with Crippen molar-refractivity contribution in [2.24, 2.45) is 11.7 Å².